The van der Waals surface area contributed by atoms with Crippen LogP contribution in [-0.2, 0) is 16.1 Å². The maximum absolute atomic E-state index is 12.2. The van der Waals surface area contributed by atoms with Crippen LogP contribution in [0.5, 0.6) is 0 Å². The second kappa shape index (κ2) is 7.50. The lowest BCUT2D eigenvalue weighted by atomic mass is 10.00. The van der Waals surface area contributed by atoms with Crippen LogP contribution in [0.25, 0.3) is 10.9 Å². The second-order valence-electron chi connectivity index (χ2n) is 7.18. The van der Waals surface area contributed by atoms with Crippen molar-refractivity contribution in [3.8, 4) is 0 Å². The van der Waals surface area contributed by atoms with Gasteiger partial charge in [-0.3, -0.25) is 5.41 Å². The van der Waals surface area contributed by atoms with Crippen LogP contribution in [0.4, 0.5) is 0 Å². The Hall–Kier alpha value is -2.34. The van der Waals surface area contributed by atoms with E-state index >= 15 is 0 Å². The van der Waals surface area contributed by atoms with Crippen LogP contribution in [0.3, 0.4) is 0 Å². The number of carbonyl (C=O) groups excluding carboxylic acids is 1. The molecule has 2 rings (SSSR count). The van der Waals surface area contributed by atoms with Gasteiger partial charge in [0.2, 0.25) is 0 Å². The molecule has 0 spiro atoms. The van der Waals surface area contributed by atoms with Crippen molar-refractivity contribution < 1.29 is 19.4 Å². The highest BCUT2D eigenvalue weighted by molar-refractivity contribution is 6.36. The van der Waals surface area contributed by atoms with Gasteiger partial charge in [0.1, 0.15) is 11.3 Å². The number of ether oxygens (including phenoxy) is 1. The monoisotopic (exact) mass is 378 g/mol. The van der Waals surface area contributed by atoms with Gasteiger partial charge >= 0.3 is 11.9 Å². The zero-order valence-corrected chi connectivity index (χ0v) is 16.1. The third kappa shape index (κ3) is 4.43. The number of carboxylic acid groups (broad SMARTS) is 1. The molecule has 0 radical (unpaired) electrons. The highest BCUT2D eigenvalue weighted by Crippen LogP contribution is 2.26. The Morgan fingerprint density at radius 1 is 1.35 bits per heavy atom. The molecule has 0 aliphatic rings. The van der Waals surface area contributed by atoms with Crippen LogP contribution in [-0.4, -0.2) is 32.9 Å². The van der Waals surface area contributed by atoms with Crippen LogP contribution in [0.1, 0.15) is 44.5 Å². The van der Waals surface area contributed by atoms with Crippen LogP contribution < -0.4 is 0 Å². The fourth-order valence-corrected chi connectivity index (χ4v) is 2.91. The van der Waals surface area contributed by atoms with Crippen LogP contribution in [0.15, 0.2) is 24.4 Å². The molecular weight excluding hydrogens is 356 g/mol. The number of fused-ring (bicyclic) bond motifs is 1. The number of nitrogens with zero attached hydrogens (tertiary/aromatic N) is 1. The summed E-state index contributed by atoms with van der Waals surface area (Å²) in [5, 5.41) is 18.7. The fourth-order valence-electron chi connectivity index (χ4n) is 2.75. The third-order valence-corrected chi connectivity index (χ3v) is 4.25. The Morgan fingerprint density at radius 3 is 2.54 bits per heavy atom. The standard InChI is InChI=1S/C19H23ClN2O4/c1-5-11(16(21)18(25)26-19(2,3)4)9-22-10-14(17(23)24)13-7-6-12(20)8-15(13)22/h6-8,10-11,21H,5,9H2,1-4H3,(H,23,24)/t11-/m0/s1. The summed E-state index contributed by atoms with van der Waals surface area (Å²) in [6.07, 6.45) is 2.06. The average molecular weight is 379 g/mol. The normalized spacial score (nSPS) is 12.8. The number of aromatic nitrogens is 1. The lowest BCUT2D eigenvalue weighted by molar-refractivity contribution is -0.146. The predicted molar refractivity (Wildman–Crippen MR) is 101 cm³/mol. The summed E-state index contributed by atoms with van der Waals surface area (Å²) in [4.78, 5) is 23.7. The molecule has 1 heterocycles. The molecule has 6 nitrogen and oxygen atoms in total. The number of aromatic carboxylic acids is 1. The highest BCUT2D eigenvalue weighted by atomic mass is 35.5. The Kier molecular flexibility index (Phi) is 5.76. The van der Waals surface area contributed by atoms with Gasteiger partial charge in [0.25, 0.3) is 0 Å². The molecule has 2 N–H and O–H groups in total. The van der Waals surface area contributed by atoms with Crippen molar-refractivity contribution in [2.45, 2.75) is 46.3 Å². The summed E-state index contributed by atoms with van der Waals surface area (Å²) < 4.78 is 7.02. The first kappa shape index (κ1) is 20.0. The Morgan fingerprint density at radius 2 is 2.00 bits per heavy atom. The molecule has 0 aliphatic carbocycles. The summed E-state index contributed by atoms with van der Waals surface area (Å²) in [6, 6.07) is 4.99. The number of halogens is 1. The first-order valence-electron chi connectivity index (χ1n) is 8.37. The predicted octanol–water partition coefficient (Wildman–Crippen LogP) is 4.38. The molecule has 0 unspecified atom stereocenters. The number of benzene rings is 1. The quantitative estimate of drug-likeness (QED) is 0.576. The first-order valence-corrected chi connectivity index (χ1v) is 8.74. The molecule has 0 amide bonds. The number of hydrogen-bond donors (Lipinski definition) is 2. The molecule has 26 heavy (non-hydrogen) atoms. The Labute approximate surface area is 157 Å². The van der Waals surface area contributed by atoms with Gasteiger partial charge < -0.3 is 14.4 Å². The van der Waals surface area contributed by atoms with Crippen LogP contribution in [0.2, 0.25) is 5.02 Å². The minimum absolute atomic E-state index is 0.122. The number of rotatable bonds is 6. The van der Waals surface area contributed by atoms with Crippen LogP contribution >= 0.6 is 11.6 Å². The van der Waals surface area contributed by atoms with E-state index < -0.39 is 23.5 Å². The van der Waals surface area contributed by atoms with Crippen molar-refractivity contribution >= 4 is 40.2 Å². The van der Waals surface area contributed by atoms with Crippen molar-refractivity contribution in [1.82, 2.24) is 4.57 Å². The van der Waals surface area contributed by atoms with Gasteiger partial charge in [-0.25, -0.2) is 9.59 Å². The van der Waals surface area contributed by atoms with Gasteiger partial charge in [0, 0.05) is 29.1 Å². The summed E-state index contributed by atoms with van der Waals surface area (Å²) in [5.74, 6) is -2.09. The van der Waals surface area contributed by atoms with E-state index in [4.69, 9.17) is 21.7 Å². The third-order valence-electron chi connectivity index (χ3n) is 4.01. The molecular formula is C19H23ClN2O4. The minimum Gasteiger partial charge on any atom is -0.478 e. The zero-order chi connectivity index (χ0) is 19.6. The topological polar surface area (TPSA) is 92.4 Å². The van der Waals surface area contributed by atoms with E-state index in [1.807, 2.05) is 6.92 Å². The SMILES string of the molecule is CC[C@@H](Cn1cc(C(=O)O)c2ccc(Cl)cc21)C(=N)C(=O)OC(C)(C)C. The molecule has 1 atom stereocenters. The minimum atomic E-state index is -1.04. The lowest BCUT2D eigenvalue weighted by Crippen LogP contribution is -2.33. The zero-order valence-electron chi connectivity index (χ0n) is 15.3. The number of carbonyl (C=O) groups is 2. The summed E-state index contributed by atoms with van der Waals surface area (Å²) in [5.41, 5.74) is 0.0232. The summed E-state index contributed by atoms with van der Waals surface area (Å²) in [6.45, 7) is 7.41. The molecule has 0 saturated carbocycles. The molecule has 140 valence electrons. The van der Waals surface area contributed by atoms with Gasteiger partial charge in [-0.05, 0) is 39.3 Å². The summed E-state index contributed by atoms with van der Waals surface area (Å²) in [7, 11) is 0. The van der Waals surface area contributed by atoms with Crippen molar-refractivity contribution in [2.24, 2.45) is 5.92 Å². The van der Waals surface area contributed by atoms with Crippen molar-refractivity contribution in [3.05, 3.63) is 35.0 Å². The Bertz CT molecular complexity index is 864. The Balaban J connectivity index is 2.36. The van der Waals surface area contributed by atoms with Gasteiger partial charge in [-0.2, -0.15) is 0 Å². The van der Waals surface area contributed by atoms with Gasteiger partial charge in [0.05, 0.1) is 11.1 Å². The van der Waals surface area contributed by atoms with E-state index in [0.29, 0.717) is 28.9 Å². The van der Waals surface area contributed by atoms with Crippen molar-refractivity contribution in [2.75, 3.05) is 0 Å². The fraction of sp³-hybridized carbons (Fsp3) is 0.421. The molecule has 0 fully saturated rings. The first-order chi connectivity index (χ1) is 12.0. The summed E-state index contributed by atoms with van der Waals surface area (Å²) >= 11 is 6.06. The lowest BCUT2D eigenvalue weighted by Gasteiger charge is -2.23. The van der Waals surface area contributed by atoms with Gasteiger partial charge in [-0.1, -0.05) is 24.6 Å². The second-order valence-corrected chi connectivity index (χ2v) is 7.62. The molecule has 0 aliphatic heterocycles. The maximum atomic E-state index is 12.2. The number of carboxylic acids is 1. The number of esters is 1. The van der Waals surface area contributed by atoms with E-state index in [-0.39, 0.29) is 11.3 Å². The average Bonchev–Trinajstić information content (AvgIpc) is 2.88. The molecule has 7 heteroatoms. The maximum Gasteiger partial charge on any atom is 0.352 e. The van der Waals surface area contributed by atoms with Crippen molar-refractivity contribution in [1.29, 1.82) is 5.41 Å². The van der Waals surface area contributed by atoms with E-state index in [9.17, 15) is 14.7 Å². The molecule has 1 aromatic carbocycles. The van der Waals surface area contributed by atoms with Gasteiger partial charge in [-0.15, -0.1) is 0 Å². The highest BCUT2D eigenvalue weighted by Gasteiger charge is 2.26. The van der Waals surface area contributed by atoms with E-state index in [2.05, 4.69) is 0 Å². The number of nitrogens with one attached hydrogen (secondary N) is 1. The van der Waals surface area contributed by atoms with Crippen molar-refractivity contribution in [3.63, 3.8) is 0 Å². The number of hydrogen-bond acceptors (Lipinski definition) is 4. The van der Waals surface area contributed by atoms with Gasteiger partial charge in [0.15, 0.2) is 0 Å². The molecule has 0 bridgehead atoms. The van der Waals surface area contributed by atoms with E-state index in [0.717, 1.165) is 0 Å². The molecule has 0 saturated heterocycles. The van der Waals surface area contributed by atoms with E-state index in [1.54, 1.807) is 43.5 Å². The van der Waals surface area contributed by atoms with E-state index in [1.165, 1.54) is 6.20 Å². The largest absolute Gasteiger partial charge is 0.478 e. The smallest absolute Gasteiger partial charge is 0.352 e. The molecule has 1 aromatic heterocycles. The molecule has 2 aromatic rings. The van der Waals surface area contributed by atoms with Crippen LogP contribution in [0, 0.1) is 11.3 Å².